The molecule has 1 unspecified atom stereocenters. The Bertz CT molecular complexity index is 473. The third-order valence-corrected chi connectivity index (χ3v) is 3.65. The van der Waals surface area contributed by atoms with E-state index < -0.39 is 0 Å². The van der Waals surface area contributed by atoms with Crippen LogP contribution >= 0.6 is 27.5 Å². The molecular weight excluding hydrogens is 291 g/mol. The number of rotatable bonds is 3. The van der Waals surface area contributed by atoms with Crippen LogP contribution in [-0.2, 0) is 0 Å². The van der Waals surface area contributed by atoms with Crippen molar-refractivity contribution in [3.05, 3.63) is 57.4 Å². The van der Waals surface area contributed by atoms with Crippen LogP contribution in [0.4, 0.5) is 0 Å². The number of hydrogen-bond donors (Lipinski definition) is 2. The van der Waals surface area contributed by atoms with Crippen molar-refractivity contribution in [2.24, 2.45) is 5.84 Å². The second-order valence-corrected chi connectivity index (χ2v) is 4.53. The van der Waals surface area contributed by atoms with Gasteiger partial charge in [-0.2, -0.15) is 0 Å². The molecule has 0 amide bonds. The summed E-state index contributed by atoms with van der Waals surface area (Å²) >= 11 is 9.59. The van der Waals surface area contributed by atoms with E-state index in [1.807, 2.05) is 24.3 Å². The molecule has 0 aliphatic heterocycles. The van der Waals surface area contributed by atoms with Gasteiger partial charge in [-0.3, -0.25) is 5.84 Å². The van der Waals surface area contributed by atoms with Crippen LogP contribution in [0.25, 0.3) is 0 Å². The predicted octanol–water partition coefficient (Wildman–Crippen LogP) is 3.25. The number of benzene rings is 1. The van der Waals surface area contributed by atoms with Crippen LogP contribution in [0, 0.1) is 0 Å². The lowest BCUT2D eigenvalue weighted by molar-refractivity contribution is 0.553. The van der Waals surface area contributed by atoms with Gasteiger partial charge in [0.1, 0.15) is 0 Å². The van der Waals surface area contributed by atoms with Crippen molar-refractivity contribution in [2.45, 2.75) is 6.04 Å². The summed E-state index contributed by atoms with van der Waals surface area (Å²) in [6.07, 6.45) is 3.24. The molecule has 2 rings (SSSR count). The maximum atomic E-state index is 6.21. The average molecular weight is 302 g/mol. The Hall–Kier alpha value is -0.810. The van der Waals surface area contributed by atoms with Crippen LogP contribution in [0.1, 0.15) is 17.2 Å². The van der Waals surface area contributed by atoms with E-state index in [0.29, 0.717) is 5.02 Å². The van der Waals surface area contributed by atoms with Gasteiger partial charge in [0.05, 0.1) is 23.6 Å². The van der Waals surface area contributed by atoms with E-state index in [4.69, 9.17) is 21.9 Å². The first-order valence-corrected chi connectivity index (χ1v) is 5.83. The van der Waals surface area contributed by atoms with Crippen molar-refractivity contribution in [1.29, 1.82) is 0 Å². The number of furan rings is 1. The zero-order valence-electron chi connectivity index (χ0n) is 8.28. The molecule has 0 aliphatic rings. The summed E-state index contributed by atoms with van der Waals surface area (Å²) in [5.41, 5.74) is 4.56. The summed E-state index contributed by atoms with van der Waals surface area (Å²) in [6.45, 7) is 0. The van der Waals surface area contributed by atoms with Crippen molar-refractivity contribution in [3.8, 4) is 0 Å². The molecule has 1 aromatic heterocycles. The standard InChI is InChI=1S/C11H10BrClN2O/c12-9-3-1-2-8(10(9)13)11(15-14)7-4-5-16-6-7/h1-6,11,15H,14H2. The number of hydrogen-bond acceptors (Lipinski definition) is 3. The minimum absolute atomic E-state index is 0.177. The van der Waals surface area contributed by atoms with Crippen LogP contribution in [0.2, 0.25) is 5.02 Å². The first-order valence-electron chi connectivity index (χ1n) is 4.66. The maximum absolute atomic E-state index is 6.21. The lowest BCUT2D eigenvalue weighted by atomic mass is 10.0. The molecule has 0 bridgehead atoms. The van der Waals surface area contributed by atoms with E-state index in [9.17, 15) is 0 Å². The monoisotopic (exact) mass is 300 g/mol. The van der Waals surface area contributed by atoms with Crippen molar-refractivity contribution >= 4 is 27.5 Å². The second-order valence-electron chi connectivity index (χ2n) is 3.30. The largest absolute Gasteiger partial charge is 0.472 e. The van der Waals surface area contributed by atoms with Gasteiger partial charge in [-0.15, -0.1) is 0 Å². The molecule has 3 N–H and O–H groups in total. The fraction of sp³-hybridized carbons (Fsp3) is 0.0909. The van der Waals surface area contributed by atoms with Crippen molar-refractivity contribution in [3.63, 3.8) is 0 Å². The second kappa shape index (κ2) is 5.01. The highest BCUT2D eigenvalue weighted by Crippen LogP contribution is 2.32. The Morgan fingerprint density at radius 1 is 1.38 bits per heavy atom. The molecule has 3 nitrogen and oxygen atoms in total. The van der Waals surface area contributed by atoms with Crippen LogP contribution in [0.15, 0.2) is 45.7 Å². The molecule has 0 radical (unpaired) electrons. The van der Waals surface area contributed by atoms with Gasteiger partial charge in [0.15, 0.2) is 0 Å². The summed E-state index contributed by atoms with van der Waals surface area (Å²) in [5, 5.41) is 0.645. The Labute approximate surface area is 107 Å². The van der Waals surface area contributed by atoms with Crippen LogP contribution in [0.3, 0.4) is 0 Å². The first kappa shape index (κ1) is 11.7. The summed E-state index contributed by atoms with van der Waals surface area (Å²) in [4.78, 5) is 0. The van der Waals surface area contributed by atoms with Gasteiger partial charge in [0.2, 0.25) is 0 Å². The highest BCUT2D eigenvalue weighted by molar-refractivity contribution is 9.10. The van der Waals surface area contributed by atoms with E-state index in [1.165, 1.54) is 0 Å². The maximum Gasteiger partial charge on any atom is 0.0954 e. The third-order valence-electron chi connectivity index (χ3n) is 2.34. The van der Waals surface area contributed by atoms with Gasteiger partial charge in [-0.1, -0.05) is 23.7 Å². The zero-order chi connectivity index (χ0) is 11.5. The van der Waals surface area contributed by atoms with Gasteiger partial charge in [0, 0.05) is 10.0 Å². The number of nitrogens with one attached hydrogen (secondary N) is 1. The van der Waals surface area contributed by atoms with E-state index in [2.05, 4.69) is 21.4 Å². The van der Waals surface area contributed by atoms with Crippen molar-refractivity contribution in [1.82, 2.24) is 5.43 Å². The molecule has 1 heterocycles. The van der Waals surface area contributed by atoms with Crippen LogP contribution in [0.5, 0.6) is 0 Å². The van der Waals surface area contributed by atoms with E-state index in [1.54, 1.807) is 12.5 Å². The van der Waals surface area contributed by atoms with Crippen molar-refractivity contribution in [2.75, 3.05) is 0 Å². The van der Waals surface area contributed by atoms with E-state index >= 15 is 0 Å². The SMILES string of the molecule is NNC(c1ccoc1)c1cccc(Br)c1Cl. The normalized spacial score (nSPS) is 12.7. The predicted molar refractivity (Wildman–Crippen MR) is 67.0 cm³/mol. The fourth-order valence-electron chi connectivity index (χ4n) is 1.55. The summed E-state index contributed by atoms with van der Waals surface area (Å²) < 4.78 is 5.88. The molecule has 0 fully saturated rings. The molecule has 2 aromatic rings. The van der Waals surface area contributed by atoms with Crippen molar-refractivity contribution < 1.29 is 4.42 Å². The van der Waals surface area contributed by atoms with Gasteiger partial charge in [0.25, 0.3) is 0 Å². The van der Waals surface area contributed by atoms with Gasteiger partial charge >= 0.3 is 0 Å². The molecule has 84 valence electrons. The molecule has 0 saturated carbocycles. The summed E-state index contributed by atoms with van der Waals surface area (Å²) in [5.74, 6) is 5.55. The van der Waals surface area contributed by atoms with Crippen LogP contribution < -0.4 is 11.3 Å². The fourth-order valence-corrected chi connectivity index (χ4v) is 2.16. The molecule has 16 heavy (non-hydrogen) atoms. The van der Waals surface area contributed by atoms with E-state index in [-0.39, 0.29) is 6.04 Å². The number of hydrazine groups is 1. The first-order chi connectivity index (χ1) is 7.74. The topological polar surface area (TPSA) is 51.2 Å². The molecule has 0 aliphatic carbocycles. The highest BCUT2D eigenvalue weighted by atomic mass is 79.9. The summed E-state index contributed by atoms with van der Waals surface area (Å²) in [6, 6.07) is 7.39. The highest BCUT2D eigenvalue weighted by Gasteiger charge is 2.17. The molecule has 0 spiro atoms. The minimum Gasteiger partial charge on any atom is -0.472 e. The summed E-state index contributed by atoms with van der Waals surface area (Å²) in [7, 11) is 0. The van der Waals surface area contributed by atoms with E-state index in [0.717, 1.165) is 15.6 Å². The van der Waals surface area contributed by atoms with Gasteiger partial charge in [-0.05, 0) is 33.6 Å². The lowest BCUT2D eigenvalue weighted by Gasteiger charge is -2.16. The number of halogens is 2. The number of nitrogens with two attached hydrogens (primary N) is 1. The van der Waals surface area contributed by atoms with Gasteiger partial charge in [-0.25, -0.2) is 5.43 Å². The minimum atomic E-state index is -0.177. The van der Waals surface area contributed by atoms with Gasteiger partial charge < -0.3 is 4.42 Å². The molecule has 0 saturated heterocycles. The Morgan fingerprint density at radius 2 is 2.19 bits per heavy atom. The third kappa shape index (κ3) is 2.15. The van der Waals surface area contributed by atoms with Crippen LogP contribution in [-0.4, -0.2) is 0 Å². The average Bonchev–Trinajstić information content (AvgIpc) is 2.79. The Kier molecular flexibility index (Phi) is 3.66. The zero-order valence-corrected chi connectivity index (χ0v) is 10.6. The lowest BCUT2D eigenvalue weighted by Crippen LogP contribution is -2.28. The smallest absolute Gasteiger partial charge is 0.0954 e. The Morgan fingerprint density at radius 3 is 2.81 bits per heavy atom. The molecule has 1 aromatic carbocycles. The molecular formula is C11H10BrClN2O. The molecule has 5 heteroatoms. The quantitative estimate of drug-likeness (QED) is 0.676. The molecule has 1 atom stereocenters. The Balaban J connectivity index is 2.45.